The van der Waals surface area contributed by atoms with Gasteiger partial charge in [-0.05, 0) is 26.8 Å². The fourth-order valence-electron chi connectivity index (χ4n) is 4.16. The molecule has 0 bridgehead atoms. The monoisotopic (exact) mass is 668 g/mol. The average Bonchev–Trinajstić information content (AvgIpc) is 3.64. The first-order valence-electron chi connectivity index (χ1n) is 13.1. The van der Waals surface area contributed by atoms with E-state index in [9.17, 15) is 27.9 Å². The van der Waals surface area contributed by atoms with Gasteiger partial charge in [-0.25, -0.2) is 14.3 Å². The second kappa shape index (κ2) is 13.6. The number of rotatable bonds is 16. The molecule has 1 aliphatic rings. The number of hydrogen-bond acceptors (Lipinski definition) is 15. The van der Waals surface area contributed by atoms with Crippen LogP contribution in [-0.4, -0.2) is 90.8 Å². The van der Waals surface area contributed by atoms with E-state index in [2.05, 4.69) is 24.4 Å². The van der Waals surface area contributed by atoms with E-state index in [1.165, 1.54) is 31.6 Å². The molecule has 2 atom stereocenters. The van der Waals surface area contributed by atoms with Crippen LogP contribution in [0, 0.1) is 5.92 Å². The molecule has 0 radical (unpaired) electrons. The molecule has 1 saturated heterocycles. The molecule has 4 rings (SSSR count). The van der Waals surface area contributed by atoms with Crippen LogP contribution in [0.15, 0.2) is 41.7 Å². The molecule has 4 heterocycles. The van der Waals surface area contributed by atoms with Crippen molar-refractivity contribution in [3.8, 4) is 11.7 Å². The fourth-order valence-corrected chi connectivity index (χ4v) is 5.16. The average molecular weight is 669 g/mol. The van der Waals surface area contributed by atoms with E-state index in [4.69, 9.17) is 25.6 Å². The lowest BCUT2D eigenvalue weighted by molar-refractivity contribution is -0.696. The van der Waals surface area contributed by atoms with Crippen molar-refractivity contribution in [3.05, 3.63) is 42.2 Å². The molecule has 0 aliphatic carbocycles. The number of carbonyl (C=O) groups excluding carboxylic acids is 2. The second-order valence-electron chi connectivity index (χ2n) is 10.1. The molecular weight excluding hydrogens is 638 g/mol. The molecule has 0 spiro atoms. The van der Waals surface area contributed by atoms with Crippen LogP contribution >= 0.6 is 11.3 Å². The maximum atomic E-state index is 13.3. The number of ketones is 1. The second-order valence-corrected chi connectivity index (χ2v) is 12.0. The highest BCUT2D eigenvalue weighted by molar-refractivity contribution is 7.80. The molecule has 0 aromatic carbocycles. The summed E-state index contributed by atoms with van der Waals surface area (Å²) >= 11 is 0.973. The largest absolute Gasteiger partial charge is 0.486 e. The first kappa shape index (κ1) is 33.3. The van der Waals surface area contributed by atoms with Crippen molar-refractivity contribution < 1.29 is 50.9 Å². The number of Topliss-reactive ketones (excluding diaryl/α,β-unsaturated/α-hetero) is 1. The van der Waals surface area contributed by atoms with E-state index in [1.807, 2.05) is 10.8 Å². The summed E-state index contributed by atoms with van der Waals surface area (Å²) < 4.78 is 44.5. The number of ether oxygens (including phenoxy) is 1. The molecule has 1 fully saturated rings. The molecule has 3 aromatic heterocycles. The number of hydrogen-bond donors (Lipinski definition) is 4. The van der Waals surface area contributed by atoms with E-state index >= 15 is 0 Å². The quantitative estimate of drug-likeness (QED) is 0.0475. The van der Waals surface area contributed by atoms with Crippen molar-refractivity contribution in [3.63, 3.8) is 0 Å². The number of carboxylic acids is 1. The SMILES string of the molecule is CC1(C)[C@H](CC(=O)/C(=N\OC(COc2cnc(-n3cc[n+](CCCN)c3)nc2)C(=O)O)c2csc(N)n2)C(=O)N1OS(=O)(=O)O. The maximum absolute atomic E-state index is 13.3. The normalized spacial score (nSPS) is 17.1. The number of hydroxylamine groups is 2. The first-order chi connectivity index (χ1) is 21.2. The molecule has 242 valence electrons. The number of anilines is 1. The third-order valence-electron chi connectivity index (χ3n) is 6.57. The lowest BCUT2D eigenvalue weighted by atomic mass is 9.74. The maximum Gasteiger partial charge on any atom is 0.418 e. The molecule has 1 unspecified atom stereocenters. The Morgan fingerprint density at radius 2 is 2.00 bits per heavy atom. The van der Waals surface area contributed by atoms with Crippen molar-refractivity contribution in [1.29, 1.82) is 0 Å². The number of carboxylic acid groups (broad SMARTS) is 1. The van der Waals surface area contributed by atoms with Gasteiger partial charge in [0.2, 0.25) is 0 Å². The number of nitrogens with two attached hydrogens (primary N) is 2. The zero-order valence-electron chi connectivity index (χ0n) is 23.9. The number of aryl methyl sites for hydroxylation is 1. The number of nitrogen functional groups attached to an aromatic ring is 1. The van der Waals surface area contributed by atoms with Gasteiger partial charge in [-0.3, -0.25) is 14.1 Å². The van der Waals surface area contributed by atoms with Crippen LogP contribution in [0.4, 0.5) is 5.13 Å². The molecule has 45 heavy (non-hydrogen) atoms. The fraction of sp³-hybridized carbons (Fsp3) is 0.417. The molecule has 21 heteroatoms. The minimum Gasteiger partial charge on any atom is -0.486 e. The topological polar surface area (TPSA) is 269 Å². The van der Waals surface area contributed by atoms with Crippen LogP contribution in [0.5, 0.6) is 5.75 Å². The highest BCUT2D eigenvalue weighted by Crippen LogP contribution is 2.40. The Bertz CT molecular complexity index is 1690. The van der Waals surface area contributed by atoms with E-state index in [0.717, 1.165) is 24.3 Å². The van der Waals surface area contributed by atoms with Crippen LogP contribution < -0.4 is 20.8 Å². The van der Waals surface area contributed by atoms with Gasteiger partial charge in [0, 0.05) is 11.8 Å². The third kappa shape index (κ3) is 8.13. The number of β-lactam (4-membered cyclic amide) rings is 1. The number of thiazole rings is 1. The number of amides is 1. The molecule has 19 nitrogen and oxygen atoms in total. The van der Waals surface area contributed by atoms with Gasteiger partial charge < -0.3 is 26.1 Å². The van der Waals surface area contributed by atoms with Gasteiger partial charge >= 0.3 is 22.3 Å². The van der Waals surface area contributed by atoms with Crippen molar-refractivity contribution in [2.24, 2.45) is 16.8 Å². The zero-order chi connectivity index (χ0) is 32.9. The van der Waals surface area contributed by atoms with Gasteiger partial charge in [0.05, 0.1) is 30.4 Å². The van der Waals surface area contributed by atoms with Crippen molar-refractivity contribution in [1.82, 2.24) is 24.6 Å². The summed E-state index contributed by atoms with van der Waals surface area (Å²) in [5, 5.41) is 15.3. The lowest BCUT2D eigenvalue weighted by Crippen LogP contribution is -2.68. The highest BCUT2D eigenvalue weighted by Gasteiger charge is 2.57. The van der Waals surface area contributed by atoms with Crippen LogP contribution in [-0.2, 0) is 40.4 Å². The van der Waals surface area contributed by atoms with E-state index in [0.29, 0.717) is 17.6 Å². The van der Waals surface area contributed by atoms with Gasteiger partial charge in [-0.2, -0.15) is 28.0 Å². The minimum atomic E-state index is -4.99. The number of aliphatic carboxylic acids is 1. The van der Waals surface area contributed by atoms with Gasteiger partial charge in [0.25, 0.3) is 18.3 Å². The number of nitrogens with zero attached hydrogens (tertiary/aromatic N) is 7. The summed E-state index contributed by atoms with van der Waals surface area (Å²) in [6.45, 7) is 3.56. The summed E-state index contributed by atoms with van der Waals surface area (Å²) in [6, 6.07) is 0. The van der Waals surface area contributed by atoms with Crippen LogP contribution in [0.2, 0.25) is 0 Å². The first-order valence-corrected chi connectivity index (χ1v) is 15.4. The lowest BCUT2D eigenvalue weighted by Gasteiger charge is -2.50. The Kier molecular flexibility index (Phi) is 10.1. The van der Waals surface area contributed by atoms with Crippen LogP contribution in [0.1, 0.15) is 32.4 Å². The highest BCUT2D eigenvalue weighted by atomic mass is 32.3. The predicted octanol–water partition coefficient (Wildman–Crippen LogP) is -0.874. The molecule has 1 aliphatic heterocycles. The molecule has 3 aromatic rings. The van der Waals surface area contributed by atoms with E-state index in [-0.39, 0.29) is 16.6 Å². The Morgan fingerprint density at radius 3 is 2.58 bits per heavy atom. The molecule has 0 saturated carbocycles. The Hall–Kier alpha value is -4.57. The number of imidazole rings is 1. The van der Waals surface area contributed by atoms with Crippen LogP contribution in [0.3, 0.4) is 0 Å². The summed E-state index contributed by atoms with van der Waals surface area (Å²) in [7, 11) is -4.99. The Balaban J connectivity index is 1.44. The molecule has 6 N–H and O–H groups in total. The van der Waals surface area contributed by atoms with Gasteiger partial charge in [0.15, 0.2) is 22.4 Å². The van der Waals surface area contributed by atoms with Crippen molar-refractivity contribution in [2.45, 2.75) is 44.9 Å². The summed E-state index contributed by atoms with van der Waals surface area (Å²) in [5.74, 6) is -3.76. The predicted molar refractivity (Wildman–Crippen MR) is 153 cm³/mol. The van der Waals surface area contributed by atoms with E-state index < -0.39 is 64.4 Å². The molecular formula is C24H30N9O10S2+. The Morgan fingerprint density at radius 1 is 1.29 bits per heavy atom. The standard InChI is InChI=1S/C24H29N9O10S2/c1-24(2)15(20(35)33(24)43-45(38,39)40)8-17(34)19(16-12-44-22(26)29-16)30-42-18(21(36)37)11-41-14-9-27-23(28-10-14)32-7-6-31(13-32)5-3-4-25/h6-7,9-10,12-13,15,18H,3-5,8,11,25H2,1-2H3,(H3-,26,29,36,37,38,39,40)/p+1/b30-19-/t15-,18?/m1/s1. The summed E-state index contributed by atoms with van der Waals surface area (Å²) in [5.41, 5.74) is 9.43. The summed E-state index contributed by atoms with van der Waals surface area (Å²) in [4.78, 5) is 55.3. The summed E-state index contributed by atoms with van der Waals surface area (Å²) in [6.07, 6.45) is 6.67. The van der Waals surface area contributed by atoms with Gasteiger partial charge in [0.1, 0.15) is 24.7 Å². The minimum absolute atomic E-state index is 0.0403. The van der Waals surface area contributed by atoms with Crippen molar-refractivity contribution in [2.75, 3.05) is 18.9 Å². The number of carbonyl (C=O) groups is 3. The van der Waals surface area contributed by atoms with Crippen LogP contribution in [0.25, 0.3) is 5.95 Å². The van der Waals surface area contributed by atoms with Gasteiger partial charge in [-0.15, -0.1) is 15.6 Å². The van der Waals surface area contributed by atoms with E-state index in [1.54, 1.807) is 17.1 Å². The third-order valence-corrected chi connectivity index (χ3v) is 7.58. The number of aromatic nitrogens is 5. The number of oxime groups is 1. The van der Waals surface area contributed by atoms with Gasteiger partial charge in [-0.1, -0.05) is 5.16 Å². The molecule has 1 amide bonds. The smallest absolute Gasteiger partial charge is 0.418 e. The zero-order valence-corrected chi connectivity index (χ0v) is 25.5. The van der Waals surface area contributed by atoms with Crippen molar-refractivity contribution >= 4 is 50.2 Å². The Labute approximate surface area is 259 Å².